The van der Waals surface area contributed by atoms with Crippen LogP contribution < -0.4 is 0 Å². The molecule has 0 spiro atoms. The summed E-state index contributed by atoms with van der Waals surface area (Å²) in [4.78, 5) is 14.6. The Hall–Kier alpha value is -0.870. The van der Waals surface area contributed by atoms with Crippen LogP contribution in [0.1, 0.15) is 0 Å². The van der Waals surface area contributed by atoms with Crippen LogP contribution in [0.5, 0.6) is 0 Å². The Balaban J connectivity index is 2.60. The van der Waals surface area contributed by atoms with Gasteiger partial charge >= 0.3 is 0 Å². The van der Waals surface area contributed by atoms with E-state index >= 15 is 0 Å². The van der Waals surface area contributed by atoms with E-state index in [0.29, 0.717) is 0 Å². The number of hydroxylamine groups is 2. The van der Waals surface area contributed by atoms with Crippen molar-refractivity contribution in [2.24, 2.45) is 0 Å². The average molecular weight is 115 g/mol. The first kappa shape index (κ1) is 5.27. The molecule has 1 heterocycles. The first-order chi connectivity index (χ1) is 3.80. The molecule has 0 saturated carbocycles. The summed E-state index contributed by atoms with van der Waals surface area (Å²) in [6.07, 6.45) is 2.76. The zero-order valence-electron chi connectivity index (χ0n) is 4.07. The van der Waals surface area contributed by atoms with E-state index in [9.17, 15) is 4.79 Å². The van der Waals surface area contributed by atoms with Crippen LogP contribution in [0.4, 0.5) is 0 Å². The van der Waals surface area contributed by atoms with Gasteiger partial charge in [-0.2, -0.15) is 0 Å². The molecule has 4 nitrogen and oxygen atoms in total. The molecule has 4 heteroatoms. The van der Waals surface area contributed by atoms with Gasteiger partial charge in [0.1, 0.15) is 0 Å². The van der Waals surface area contributed by atoms with Crippen molar-refractivity contribution >= 4 is 5.91 Å². The fourth-order valence-corrected chi connectivity index (χ4v) is 0.390. The summed E-state index contributed by atoms with van der Waals surface area (Å²) in [6, 6.07) is 0. The van der Waals surface area contributed by atoms with Gasteiger partial charge in [0, 0.05) is 6.08 Å². The number of hydrogen-bond donors (Lipinski definition) is 1. The summed E-state index contributed by atoms with van der Waals surface area (Å²) in [5.41, 5.74) is 0. The monoisotopic (exact) mass is 115 g/mol. The molecule has 0 fully saturated rings. The lowest BCUT2D eigenvalue weighted by Crippen LogP contribution is -2.28. The maximum absolute atomic E-state index is 10.3. The van der Waals surface area contributed by atoms with Crippen molar-refractivity contribution in [1.29, 1.82) is 0 Å². The molecule has 0 atom stereocenters. The molecule has 8 heavy (non-hydrogen) atoms. The zero-order chi connectivity index (χ0) is 5.98. The van der Waals surface area contributed by atoms with Crippen molar-refractivity contribution in [2.45, 2.75) is 0 Å². The van der Waals surface area contributed by atoms with Gasteiger partial charge in [-0.15, -0.1) is 0 Å². The van der Waals surface area contributed by atoms with E-state index in [-0.39, 0.29) is 11.8 Å². The third kappa shape index (κ3) is 0.853. The molecule has 44 valence electrons. The van der Waals surface area contributed by atoms with Gasteiger partial charge in [-0.1, -0.05) is 11.3 Å². The SMILES string of the molecule is O=C1C=CCON1O. The molecule has 0 aromatic rings. The van der Waals surface area contributed by atoms with E-state index in [1.165, 1.54) is 12.2 Å². The quantitative estimate of drug-likeness (QED) is 0.441. The standard InChI is InChI=1S/C4H5NO3/c6-4-2-1-3-8-5(4)7/h1-2,7H,3H2. The van der Waals surface area contributed by atoms with Gasteiger partial charge in [0.15, 0.2) is 0 Å². The number of carbonyl (C=O) groups is 1. The van der Waals surface area contributed by atoms with Crippen molar-refractivity contribution in [3.05, 3.63) is 12.2 Å². The lowest BCUT2D eigenvalue weighted by atomic mass is 10.5. The number of nitrogens with zero attached hydrogens (tertiary/aromatic N) is 1. The Morgan fingerprint density at radius 1 is 1.88 bits per heavy atom. The van der Waals surface area contributed by atoms with Crippen LogP contribution in [-0.2, 0) is 9.63 Å². The van der Waals surface area contributed by atoms with Gasteiger partial charge in [-0.05, 0) is 0 Å². The molecule has 0 radical (unpaired) electrons. The predicted molar refractivity (Wildman–Crippen MR) is 23.7 cm³/mol. The first-order valence-electron chi connectivity index (χ1n) is 2.13. The van der Waals surface area contributed by atoms with Gasteiger partial charge in [-0.3, -0.25) is 10.0 Å². The molecular weight excluding hydrogens is 110 g/mol. The maximum atomic E-state index is 10.3. The lowest BCUT2D eigenvalue weighted by molar-refractivity contribution is -0.309. The van der Waals surface area contributed by atoms with Gasteiger partial charge in [0.25, 0.3) is 5.91 Å². The van der Waals surface area contributed by atoms with Crippen LogP contribution in [0.15, 0.2) is 12.2 Å². The van der Waals surface area contributed by atoms with Crippen molar-refractivity contribution in [1.82, 2.24) is 5.23 Å². The fourth-order valence-electron chi connectivity index (χ4n) is 0.390. The van der Waals surface area contributed by atoms with E-state index in [4.69, 9.17) is 5.21 Å². The van der Waals surface area contributed by atoms with E-state index < -0.39 is 5.91 Å². The van der Waals surface area contributed by atoms with E-state index in [0.717, 1.165) is 0 Å². The minimum Gasteiger partial charge on any atom is -0.265 e. The normalized spacial score (nSPS) is 19.6. The first-order valence-corrected chi connectivity index (χ1v) is 2.13. The fraction of sp³-hybridized carbons (Fsp3) is 0.250. The van der Waals surface area contributed by atoms with Crippen LogP contribution in [0.2, 0.25) is 0 Å². The Morgan fingerprint density at radius 3 is 3.00 bits per heavy atom. The van der Waals surface area contributed by atoms with Crippen LogP contribution >= 0.6 is 0 Å². The molecule has 1 aliphatic heterocycles. The van der Waals surface area contributed by atoms with E-state index in [1.807, 2.05) is 0 Å². The highest BCUT2D eigenvalue weighted by Crippen LogP contribution is 1.94. The highest BCUT2D eigenvalue weighted by molar-refractivity contribution is 5.86. The van der Waals surface area contributed by atoms with Gasteiger partial charge < -0.3 is 0 Å². The van der Waals surface area contributed by atoms with Crippen molar-refractivity contribution in [2.75, 3.05) is 6.61 Å². The van der Waals surface area contributed by atoms with E-state index in [2.05, 4.69) is 4.84 Å². The highest BCUT2D eigenvalue weighted by atomic mass is 16.9. The van der Waals surface area contributed by atoms with Crippen LogP contribution in [0.3, 0.4) is 0 Å². The van der Waals surface area contributed by atoms with Gasteiger partial charge in [0.2, 0.25) is 0 Å². The smallest absolute Gasteiger partial charge is 0.265 e. The summed E-state index contributed by atoms with van der Waals surface area (Å²) in [5, 5.41) is 8.60. The predicted octanol–water partition coefficient (Wildman–Crippen LogP) is -0.294. The molecule has 1 aliphatic rings. The minimum absolute atomic E-state index is 0.208. The van der Waals surface area contributed by atoms with Crippen molar-refractivity contribution in [3.8, 4) is 0 Å². The topological polar surface area (TPSA) is 49.8 Å². The largest absolute Gasteiger partial charge is 0.296 e. The van der Waals surface area contributed by atoms with Gasteiger partial charge in [0.05, 0.1) is 6.61 Å². The van der Waals surface area contributed by atoms with Gasteiger partial charge in [-0.25, -0.2) is 4.84 Å². The van der Waals surface area contributed by atoms with Crippen LogP contribution in [0, 0.1) is 0 Å². The number of carbonyl (C=O) groups excluding carboxylic acids is 1. The second-order valence-corrected chi connectivity index (χ2v) is 1.31. The summed E-state index contributed by atoms with van der Waals surface area (Å²) < 4.78 is 0. The Kier molecular flexibility index (Phi) is 1.27. The molecule has 0 unspecified atom stereocenters. The highest BCUT2D eigenvalue weighted by Gasteiger charge is 2.09. The summed E-state index contributed by atoms with van der Waals surface area (Å²) in [5.74, 6) is -0.545. The van der Waals surface area contributed by atoms with E-state index in [1.54, 1.807) is 0 Å². The second-order valence-electron chi connectivity index (χ2n) is 1.31. The molecule has 0 aliphatic carbocycles. The Bertz CT molecular complexity index is 131. The Labute approximate surface area is 45.9 Å². The van der Waals surface area contributed by atoms with Crippen molar-refractivity contribution < 1.29 is 14.8 Å². The maximum Gasteiger partial charge on any atom is 0.296 e. The molecule has 1 N–H and O–H groups in total. The molecular formula is C4H5NO3. The summed E-state index contributed by atoms with van der Waals surface area (Å²) in [7, 11) is 0. The molecule has 0 bridgehead atoms. The molecule has 1 rings (SSSR count). The lowest BCUT2D eigenvalue weighted by Gasteiger charge is -2.13. The van der Waals surface area contributed by atoms with Crippen LogP contribution in [0.25, 0.3) is 0 Å². The molecule has 0 aromatic heterocycles. The second kappa shape index (κ2) is 1.94. The van der Waals surface area contributed by atoms with Crippen molar-refractivity contribution in [3.63, 3.8) is 0 Å². The third-order valence-corrected chi connectivity index (χ3v) is 0.742. The summed E-state index contributed by atoms with van der Waals surface area (Å²) >= 11 is 0. The summed E-state index contributed by atoms with van der Waals surface area (Å²) in [6.45, 7) is 0.252. The average Bonchev–Trinajstić information content (AvgIpc) is 1.77. The molecule has 0 aromatic carbocycles. The zero-order valence-corrected chi connectivity index (χ0v) is 4.07. The molecule has 1 amide bonds. The molecule has 0 saturated heterocycles. The number of amides is 1. The minimum atomic E-state index is -0.545. The Morgan fingerprint density at radius 2 is 2.62 bits per heavy atom. The third-order valence-electron chi connectivity index (χ3n) is 0.742. The number of rotatable bonds is 0. The van der Waals surface area contributed by atoms with Crippen LogP contribution in [-0.4, -0.2) is 22.9 Å². The number of hydrogen-bond acceptors (Lipinski definition) is 3.